The van der Waals surface area contributed by atoms with Gasteiger partial charge in [0.1, 0.15) is 0 Å². The average molecular weight is 312 g/mol. The van der Waals surface area contributed by atoms with Gasteiger partial charge >= 0.3 is 0 Å². The number of carbonyl (C=O) groups excluding carboxylic acids is 1. The second-order valence-corrected chi connectivity index (χ2v) is 7.26. The second-order valence-electron chi connectivity index (χ2n) is 4.24. The summed E-state index contributed by atoms with van der Waals surface area (Å²) in [6, 6.07) is 6.11. The summed E-state index contributed by atoms with van der Waals surface area (Å²) in [6.07, 6.45) is 1.57. The normalized spacial score (nSPS) is 16.0. The van der Waals surface area contributed by atoms with Gasteiger partial charge in [-0.2, -0.15) is 4.31 Å². The minimum Gasteiger partial charge on any atom is -0.349 e. The molecule has 0 saturated carbocycles. The predicted molar refractivity (Wildman–Crippen MR) is 80.2 cm³/mol. The summed E-state index contributed by atoms with van der Waals surface area (Å²) >= 11 is 1.58. The lowest BCUT2D eigenvalue weighted by Gasteiger charge is -2.15. The van der Waals surface area contributed by atoms with Gasteiger partial charge in [0.05, 0.1) is 10.8 Å². The predicted octanol–water partition coefficient (Wildman–Crippen LogP) is 1.30. The molecule has 0 unspecified atom stereocenters. The number of thioether (sulfide) groups is 1. The molecule has 1 aliphatic rings. The fourth-order valence-corrected chi connectivity index (χ4v) is 4.66. The number of sulfonamides is 1. The van der Waals surface area contributed by atoms with Crippen LogP contribution in [0.5, 0.6) is 0 Å². The Morgan fingerprint density at radius 3 is 2.95 bits per heavy atom. The molecule has 1 aromatic carbocycles. The molecule has 0 aliphatic carbocycles. The highest BCUT2D eigenvalue weighted by Gasteiger charge is 2.27. The molecule has 1 aromatic rings. The molecule has 1 aliphatic heterocycles. The van der Waals surface area contributed by atoms with Crippen LogP contribution in [0, 0.1) is 0 Å². The molecule has 0 spiro atoms. The van der Waals surface area contributed by atoms with Crippen molar-refractivity contribution in [3.05, 3.63) is 42.5 Å². The van der Waals surface area contributed by atoms with E-state index in [1.165, 1.54) is 16.4 Å². The SMILES string of the molecule is C=CCNC(=O)c1cccc(S(=O)(=O)N2CCSC2)c1. The molecule has 1 N–H and O–H groups in total. The van der Waals surface area contributed by atoms with Crippen LogP contribution in [0.25, 0.3) is 0 Å². The number of hydrogen-bond donors (Lipinski definition) is 1. The van der Waals surface area contributed by atoms with Gasteiger partial charge in [-0.15, -0.1) is 18.3 Å². The molecular formula is C13H16N2O3S2. The summed E-state index contributed by atoms with van der Waals surface area (Å²) in [5, 5.41) is 2.63. The molecule has 1 heterocycles. The van der Waals surface area contributed by atoms with Gasteiger partial charge in [0, 0.05) is 24.4 Å². The Hall–Kier alpha value is -1.31. The van der Waals surface area contributed by atoms with Crippen molar-refractivity contribution in [2.75, 3.05) is 24.7 Å². The highest BCUT2D eigenvalue weighted by atomic mass is 32.2. The van der Waals surface area contributed by atoms with E-state index in [0.29, 0.717) is 24.5 Å². The summed E-state index contributed by atoms with van der Waals surface area (Å²) in [5.74, 6) is 0.964. The molecule has 1 amide bonds. The van der Waals surface area contributed by atoms with Crippen LogP contribution in [0.2, 0.25) is 0 Å². The van der Waals surface area contributed by atoms with Crippen molar-refractivity contribution in [1.82, 2.24) is 9.62 Å². The second kappa shape index (κ2) is 6.43. The van der Waals surface area contributed by atoms with E-state index in [2.05, 4.69) is 11.9 Å². The van der Waals surface area contributed by atoms with E-state index >= 15 is 0 Å². The monoisotopic (exact) mass is 312 g/mol. The van der Waals surface area contributed by atoms with Gasteiger partial charge in [-0.1, -0.05) is 12.1 Å². The van der Waals surface area contributed by atoms with E-state index in [0.717, 1.165) is 5.75 Å². The zero-order valence-electron chi connectivity index (χ0n) is 10.9. The topological polar surface area (TPSA) is 66.5 Å². The van der Waals surface area contributed by atoms with Crippen LogP contribution in [0.4, 0.5) is 0 Å². The number of nitrogens with zero attached hydrogens (tertiary/aromatic N) is 1. The van der Waals surface area contributed by atoms with Gasteiger partial charge in [0.15, 0.2) is 0 Å². The van der Waals surface area contributed by atoms with E-state index in [1.54, 1.807) is 30.0 Å². The van der Waals surface area contributed by atoms with Crippen LogP contribution in [0.3, 0.4) is 0 Å². The Balaban J connectivity index is 2.25. The van der Waals surface area contributed by atoms with Crippen molar-refractivity contribution < 1.29 is 13.2 Å². The van der Waals surface area contributed by atoms with Crippen molar-refractivity contribution in [2.24, 2.45) is 0 Å². The zero-order valence-corrected chi connectivity index (χ0v) is 12.5. The number of rotatable bonds is 5. The Morgan fingerprint density at radius 2 is 2.30 bits per heavy atom. The van der Waals surface area contributed by atoms with Crippen LogP contribution >= 0.6 is 11.8 Å². The van der Waals surface area contributed by atoms with Crippen molar-refractivity contribution in [3.8, 4) is 0 Å². The Labute approximate surface area is 123 Å². The summed E-state index contributed by atoms with van der Waals surface area (Å²) in [4.78, 5) is 12.0. The van der Waals surface area contributed by atoms with Crippen molar-refractivity contribution in [1.29, 1.82) is 0 Å². The number of benzene rings is 1. The Kier molecular flexibility index (Phi) is 4.85. The molecule has 0 bridgehead atoms. The Bertz CT molecular complexity index is 608. The number of carbonyl (C=O) groups is 1. The number of hydrogen-bond acceptors (Lipinski definition) is 4. The lowest BCUT2D eigenvalue weighted by Crippen LogP contribution is -2.28. The van der Waals surface area contributed by atoms with Crippen LogP contribution in [-0.4, -0.2) is 43.3 Å². The molecule has 0 atom stereocenters. The molecule has 7 heteroatoms. The third-order valence-electron chi connectivity index (χ3n) is 2.86. The summed E-state index contributed by atoms with van der Waals surface area (Å²) in [5.41, 5.74) is 0.333. The maximum absolute atomic E-state index is 12.4. The van der Waals surface area contributed by atoms with E-state index in [4.69, 9.17) is 0 Å². The molecule has 2 rings (SSSR count). The first-order valence-corrected chi connectivity index (χ1v) is 8.72. The molecule has 108 valence electrons. The molecule has 5 nitrogen and oxygen atoms in total. The minimum absolute atomic E-state index is 0.159. The number of amides is 1. The molecule has 0 aromatic heterocycles. The van der Waals surface area contributed by atoms with Crippen LogP contribution in [0.15, 0.2) is 41.8 Å². The number of nitrogens with one attached hydrogen (secondary N) is 1. The molecule has 1 fully saturated rings. The van der Waals surface area contributed by atoms with Gasteiger partial charge in [-0.25, -0.2) is 8.42 Å². The maximum atomic E-state index is 12.4. The van der Waals surface area contributed by atoms with E-state index in [-0.39, 0.29) is 10.8 Å². The minimum atomic E-state index is -3.50. The zero-order chi connectivity index (χ0) is 14.6. The van der Waals surface area contributed by atoms with Gasteiger partial charge in [0.2, 0.25) is 10.0 Å². The van der Waals surface area contributed by atoms with Gasteiger partial charge in [-0.3, -0.25) is 4.79 Å². The summed E-state index contributed by atoms with van der Waals surface area (Å²) in [7, 11) is -3.50. The van der Waals surface area contributed by atoms with E-state index in [1.807, 2.05) is 0 Å². The third-order valence-corrected chi connectivity index (χ3v) is 5.83. The van der Waals surface area contributed by atoms with Crippen LogP contribution in [-0.2, 0) is 10.0 Å². The largest absolute Gasteiger partial charge is 0.349 e. The maximum Gasteiger partial charge on any atom is 0.251 e. The molecule has 0 radical (unpaired) electrons. The fourth-order valence-electron chi connectivity index (χ4n) is 1.80. The first kappa shape index (κ1) is 15.1. The standard InChI is InChI=1S/C13H16N2O3S2/c1-2-6-14-13(16)11-4-3-5-12(9-11)20(17,18)15-7-8-19-10-15/h2-5,9H,1,6-8,10H2,(H,14,16). The highest BCUT2D eigenvalue weighted by molar-refractivity contribution is 8.00. The van der Waals surface area contributed by atoms with E-state index in [9.17, 15) is 13.2 Å². The van der Waals surface area contributed by atoms with Crippen LogP contribution < -0.4 is 5.32 Å². The quantitative estimate of drug-likeness (QED) is 0.832. The summed E-state index contributed by atoms with van der Waals surface area (Å²) < 4.78 is 26.2. The molecule has 20 heavy (non-hydrogen) atoms. The van der Waals surface area contributed by atoms with Crippen molar-refractivity contribution >= 4 is 27.7 Å². The first-order valence-electron chi connectivity index (χ1n) is 6.13. The first-order chi connectivity index (χ1) is 9.55. The lowest BCUT2D eigenvalue weighted by molar-refractivity contribution is 0.0958. The summed E-state index contributed by atoms with van der Waals surface area (Å²) in [6.45, 7) is 4.38. The lowest BCUT2D eigenvalue weighted by atomic mass is 10.2. The van der Waals surface area contributed by atoms with Crippen molar-refractivity contribution in [3.63, 3.8) is 0 Å². The van der Waals surface area contributed by atoms with Gasteiger partial charge in [0.25, 0.3) is 5.91 Å². The van der Waals surface area contributed by atoms with E-state index < -0.39 is 10.0 Å². The smallest absolute Gasteiger partial charge is 0.251 e. The third kappa shape index (κ3) is 3.23. The average Bonchev–Trinajstić information content (AvgIpc) is 2.99. The molecule has 1 saturated heterocycles. The van der Waals surface area contributed by atoms with Crippen molar-refractivity contribution in [2.45, 2.75) is 4.90 Å². The Morgan fingerprint density at radius 1 is 1.50 bits per heavy atom. The van der Waals surface area contributed by atoms with Crippen LogP contribution in [0.1, 0.15) is 10.4 Å². The van der Waals surface area contributed by atoms with Gasteiger partial charge in [-0.05, 0) is 18.2 Å². The highest BCUT2D eigenvalue weighted by Crippen LogP contribution is 2.23. The molecular weight excluding hydrogens is 296 g/mol. The van der Waals surface area contributed by atoms with Gasteiger partial charge < -0.3 is 5.32 Å². The fraction of sp³-hybridized carbons (Fsp3) is 0.308.